The van der Waals surface area contributed by atoms with Crippen molar-refractivity contribution in [2.24, 2.45) is 29.6 Å². The molecule has 5 atom stereocenters. The standard InChI is InChI=1S/C25H32O4/c1-14(2)22-23(15(3)4)29-25(28-22)11-10-17-6-5-7-20(21(17)25)27-24(26)19-13-16-8-9-18(19)12-16/h5-9,14-16,18-19,22-23H,10-13H2,1-4H3/t16-,18+,19-,22-,23-/m0/s1. The van der Waals surface area contributed by atoms with Gasteiger partial charge in [-0.1, -0.05) is 52.0 Å². The molecule has 1 saturated heterocycles. The summed E-state index contributed by atoms with van der Waals surface area (Å²) in [7, 11) is 0. The SMILES string of the molecule is CC(C)[C@@H]1OC2(CCc3cccc(OC(=O)[C@H]4C[C@H]5C=C[C@@H]4C5)c32)O[C@H]1C(C)C. The fourth-order valence-corrected chi connectivity index (χ4v) is 5.83. The first kappa shape index (κ1) is 19.3. The molecule has 0 unspecified atom stereocenters. The predicted molar refractivity (Wildman–Crippen MR) is 110 cm³/mol. The lowest BCUT2D eigenvalue weighted by molar-refractivity contribution is -0.188. The highest BCUT2D eigenvalue weighted by Crippen LogP contribution is 2.53. The molecule has 1 aromatic carbocycles. The van der Waals surface area contributed by atoms with Crippen LogP contribution in [0.15, 0.2) is 30.4 Å². The highest BCUT2D eigenvalue weighted by molar-refractivity contribution is 5.77. The second kappa shape index (κ2) is 6.95. The maximum Gasteiger partial charge on any atom is 0.314 e. The van der Waals surface area contributed by atoms with E-state index in [-0.39, 0.29) is 24.1 Å². The molecule has 1 aromatic rings. The highest BCUT2D eigenvalue weighted by Gasteiger charge is 2.55. The minimum absolute atomic E-state index is 0.0181. The van der Waals surface area contributed by atoms with Crippen LogP contribution in [0.2, 0.25) is 0 Å². The van der Waals surface area contributed by atoms with Gasteiger partial charge >= 0.3 is 5.97 Å². The number of ether oxygens (including phenoxy) is 3. The summed E-state index contributed by atoms with van der Waals surface area (Å²) in [5.41, 5.74) is 2.12. The maximum atomic E-state index is 13.0. The molecule has 5 rings (SSSR count). The van der Waals surface area contributed by atoms with Crippen molar-refractivity contribution in [1.82, 2.24) is 0 Å². The first-order valence-corrected chi connectivity index (χ1v) is 11.3. The molecule has 0 aromatic heterocycles. The molecule has 4 nitrogen and oxygen atoms in total. The van der Waals surface area contributed by atoms with E-state index in [4.69, 9.17) is 14.2 Å². The van der Waals surface area contributed by atoms with E-state index < -0.39 is 5.79 Å². The number of benzene rings is 1. The zero-order valence-electron chi connectivity index (χ0n) is 17.9. The minimum atomic E-state index is -0.787. The monoisotopic (exact) mass is 396 g/mol. The summed E-state index contributed by atoms with van der Waals surface area (Å²) in [5, 5.41) is 0. The number of aryl methyl sites for hydroxylation is 1. The van der Waals surface area contributed by atoms with Crippen LogP contribution < -0.4 is 4.74 Å². The van der Waals surface area contributed by atoms with E-state index in [9.17, 15) is 4.79 Å². The van der Waals surface area contributed by atoms with Gasteiger partial charge in [-0.15, -0.1) is 0 Å². The van der Waals surface area contributed by atoms with Gasteiger partial charge in [0, 0.05) is 6.42 Å². The minimum Gasteiger partial charge on any atom is -0.426 e. The Bertz CT molecular complexity index is 823. The number of hydrogen-bond donors (Lipinski definition) is 0. The van der Waals surface area contributed by atoms with Gasteiger partial charge in [0.2, 0.25) is 0 Å². The lowest BCUT2D eigenvalue weighted by atomic mass is 9.94. The smallest absolute Gasteiger partial charge is 0.314 e. The van der Waals surface area contributed by atoms with E-state index in [2.05, 4.69) is 45.9 Å². The van der Waals surface area contributed by atoms with Crippen LogP contribution in [0.4, 0.5) is 0 Å². The number of carbonyl (C=O) groups excluding carboxylic acids is 1. The van der Waals surface area contributed by atoms with Crippen molar-refractivity contribution >= 4 is 5.97 Å². The molecule has 2 bridgehead atoms. The van der Waals surface area contributed by atoms with Crippen molar-refractivity contribution in [1.29, 1.82) is 0 Å². The zero-order valence-corrected chi connectivity index (χ0v) is 17.9. The van der Waals surface area contributed by atoms with Gasteiger partial charge in [-0.3, -0.25) is 4.79 Å². The fourth-order valence-electron chi connectivity index (χ4n) is 5.83. The van der Waals surface area contributed by atoms with Crippen molar-refractivity contribution in [3.05, 3.63) is 41.5 Å². The van der Waals surface area contributed by atoms with Gasteiger partial charge < -0.3 is 14.2 Å². The molecule has 1 aliphatic heterocycles. The van der Waals surface area contributed by atoms with Crippen LogP contribution in [-0.2, 0) is 26.5 Å². The van der Waals surface area contributed by atoms with Crippen molar-refractivity contribution in [3.63, 3.8) is 0 Å². The summed E-state index contributed by atoms with van der Waals surface area (Å²) in [6.45, 7) is 8.75. The van der Waals surface area contributed by atoms with Crippen LogP contribution >= 0.6 is 0 Å². The second-order valence-corrected chi connectivity index (χ2v) is 10.0. The van der Waals surface area contributed by atoms with E-state index in [1.807, 2.05) is 12.1 Å². The number of hydrogen-bond acceptors (Lipinski definition) is 4. The number of carbonyl (C=O) groups is 1. The summed E-state index contributed by atoms with van der Waals surface area (Å²) in [5.74, 6) is 1.33. The average molecular weight is 397 g/mol. The molecular formula is C25H32O4. The Morgan fingerprint density at radius 2 is 1.79 bits per heavy atom. The molecule has 156 valence electrons. The van der Waals surface area contributed by atoms with Crippen molar-refractivity contribution in [2.75, 3.05) is 0 Å². The van der Waals surface area contributed by atoms with Crippen molar-refractivity contribution in [3.8, 4) is 5.75 Å². The van der Waals surface area contributed by atoms with Gasteiger partial charge in [-0.2, -0.15) is 0 Å². The first-order chi connectivity index (χ1) is 13.9. The molecule has 3 aliphatic carbocycles. The van der Waals surface area contributed by atoms with E-state index in [0.717, 1.165) is 31.2 Å². The van der Waals surface area contributed by atoms with Crippen LogP contribution in [0.5, 0.6) is 5.75 Å². The molecule has 4 aliphatic rings. The zero-order chi connectivity index (χ0) is 20.3. The van der Waals surface area contributed by atoms with Crippen LogP contribution in [-0.4, -0.2) is 18.2 Å². The van der Waals surface area contributed by atoms with Crippen LogP contribution in [0.3, 0.4) is 0 Å². The molecule has 0 radical (unpaired) electrons. The molecule has 1 heterocycles. The molecule has 29 heavy (non-hydrogen) atoms. The van der Waals surface area contributed by atoms with Gasteiger partial charge in [0.25, 0.3) is 0 Å². The lowest BCUT2D eigenvalue weighted by Crippen LogP contribution is -2.31. The Morgan fingerprint density at radius 1 is 1.07 bits per heavy atom. The largest absolute Gasteiger partial charge is 0.426 e. The fraction of sp³-hybridized carbons (Fsp3) is 0.640. The number of fused-ring (bicyclic) bond motifs is 4. The van der Waals surface area contributed by atoms with Gasteiger partial charge in [-0.05, 0) is 54.6 Å². The van der Waals surface area contributed by atoms with Crippen molar-refractivity contribution in [2.45, 2.75) is 71.4 Å². The van der Waals surface area contributed by atoms with E-state index in [1.165, 1.54) is 5.56 Å². The molecule has 0 amide bonds. The normalized spacial score (nSPS) is 33.9. The summed E-state index contributed by atoms with van der Waals surface area (Å²) < 4.78 is 19.3. The molecular weight excluding hydrogens is 364 g/mol. The molecule has 1 saturated carbocycles. The Morgan fingerprint density at radius 3 is 2.38 bits per heavy atom. The Labute approximate surface area is 173 Å². The molecule has 1 spiro atoms. The van der Waals surface area contributed by atoms with Crippen LogP contribution in [0.1, 0.15) is 58.1 Å². The van der Waals surface area contributed by atoms with E-state index in [1.54, 1.807) is 0 Å². The predicted octanol–water partition coefficient (Wildman–Crippen LogP) is 5.00. The molecule has 0 N–H and O–H groups in total. The Balaban J connectivity index is 1.45. The summed E-state index contributed by atoms with van der Waals surface area (Å²) in [6, 6.07) is 6.00. The number of allylic oxidation sites excluding steroid dienone is 2. The van der Waals surface area contributed by atoms with Crippen molar-refractivity contribution < 1.29 is 19.0 Å². The summed E-state index contributed by atoms with van der Waals surface area (Å²) in [6.07, 6.45) is 8.20. The quantitative estimate of drug-likeness (QED) is 0.408. The second-order valence-electron chi connectivity index (χ2n) is 10.0. The van der Waals surface area contributed by atoms with E-state index >= 15 is 0 Å². The van der Waals surface area contributed by atoms with Gasteiger partial charge in [0.1, 0.15) is 5.75 Å². The number of rotatable bonds is 4. The topological polar surface area (TPSA) is 44.8 Å². The summed E-state index contributed by atoms with van der Waals surface area (Å²) >= 11 is 0. The number of esters is 1. The lowest BCUT2D eigenvalue weighted by Gasteiger charge is -2.27. The first-order valence-electron chi connectivity index (χ1n) is 11.3. The maximum absolute atomic E-state index is 13.0. The van der Waals surface area contributed by atoms with Gasteiger partial charge in [-0.25, -0.2) is 0 Å². The van der Waals surface area contributed by atoms with E-state index in [0.29, 0.717) is 29.4 Å². The summed E-state index contributed by atoms with van der Waals surface area (Å²) in [4.78, 5) is 13.0. The third-order valence-corrected chi connectivity index (χ3v) is 7.30. The molecule has 2 fully saturated rings. The highest BCUT2D eigenvalue weighted by atomic mass is 16.8. The van der Waals surface area contributed by atoms with Gasteiger partial charge in [0.05, 0.1) is 23.7 Å². The average Bonchev–Trinajstić information content (AvgIpc) is 3.45. The third kappa shape index (κ3) is 3.07. The molecule has 4 heteroatoms. The van der Waals surface area contributed by atoms with Crippen LogP contribution in [0, 0.1) is 29.6 Å². The van der Waals surface area contributed by atoms with Crippen LogP contribution in [0.25, 0.3) is 0 Å². The Kier molecular flexibility index (Phi) is 4.63. The Hall–Kier alpha value is -1.65. The third-order valence-electron chi connectivity index (χ3n) is 7.30. The van der Waals surface area contributed by atoms with Gasteiger partial charge in [0.15, 0.2) is 5.79 Å².